The van der Waals surface area contributed by atoms with Gasteiger partial charge in [0.1, 0.15) is 11.1 Å². The second kappa shape index (κ2) is 10.2. The smallest absolute Gasteiger partial charge is 0.161 e. The number of aromatic nitrogens is 1. The molecule has 0 unspecified atom stereocenters. The molecule has 3 rings (SSSR count). The fourth-order valence-electron chi connectivity index (χ4n) is 2.68. The first-order chi connectivity index (χ1) is 14.1. The first-order valence-corrected chi connectivity index (χ1v) is 11.0. The predicted octanol–water partition coefficient (Wildman–Crippen LogP) is 6.82. The van der Waals surface area contributed by atoms with Gasteiger partial charge in [0.05, 0.1) is 25.0 Å². The number of hydrogen-bond donors (Lipinski definition) is 0. The van der Waals surface area contributed by atoms with Crippen molar-refractivity contribution in [3.63, 3.8) is 0 Å². The Balaban J connectivity index is 1.84. The summed E-state index contributed by atoms with van der Waals surface area (Å²) < 4.78 is 12.2. The number of nitrogens with zero attached hydrogens (tertiary/aromatic N) is 2. The third kappa shape index (κ3) is 5.47. The molecule has 3 aromatic rings. The Morgan fingerprint density at radius 3 is 2.69 bits per heavy atom. The molecule has 0 aliphatic rings. The molecule has 0 radical (unpaired) electrons. The van der Waals surface area contributed by atoms with Crippen molar-refractivity contribution in [2.24, 2.45) is 0 Å². The molecule has 0 aliphatic heterocycles. The van der Waals surface area contributed by atoms with Gasteiger partial charge in [-0.3, -0.25) is 0 Å². The Bertz CT molecular complexity index is 1040. The van der Waals surface area contributed by atoms with Gasteiger partial charge in [-0.05, 0) is 42.3 Å². The maximum atomic E-state index is 9.67. The fourth-order valence-corrected chi connectivity index (χ4v) is 3.74. The van der Waals surface area contributed by atoms with E-state index in [0.29, 0.717) is 28.7 Å². The molecule has 0 saturated carbocycles. The number of thiazole rings is 1. The van der Waals surface area contributed by atoms with Gasteiger partial charge in [-0.2, -0.15) is 5.26 Å². The van der Waals surface area contributed by atoms with E-state index in [4.69, 9.17) is 9.47 Å². The molecule has 6 heteroatoms. The summed E-state index contributed by atoms with van der Waals surface area (Å²) in [6.07, 6.45) is 3.89. The summed E-state index contributed by atoms with van der Waals surface area (Å²) in [6.45, 7) is 2.78. The van der Waals surface area contributed by atoms with Gasteiger partial charge < -0.3 is 9.47 Å². The van der Waals surface area contributed by atoms with E-state index in [1.54, 1.807) is 7.11 Å². The molecule has 0 fully saturated rings. The lowest BCUT2D eigenvalue weighted by molar-refractivity contribution is 0.288. The van der Waals surface area contributed by atoms with E-state index >= 15 is 0 Å². The first kappa shape index (κ1) is 21.1. The highest BCUT2D eigenvalue weighted by Crippen LogP contribution is 2.31. The van der Waals surface area contributed by atoms with Crippen LogP contribution in [0.1, 0.15) is 30.3 Å². The molecule has 0 aliphatic carbocycles. The second-order valence-corrected chi connectivity index (χ2v) is 8.10. The summed E-state index contributed by atoms with van der Waals surface area (Å²) >= 11 is 4.90. The highest BCUT2D eigenvalue weighted by molar-refractivity contribution is 9.10. The Morgan fingerprint density at radius 1 is 1.21 bits per heavy atom. The lowest BCUT2D eigenvalue weighted by Gasteiger charge is -2.11. The molecule has 1 heterocycles. The van der Waals surface area contributed by atoms with Gasteiger partial charge in [-0.1, -0.05) is 47.5 Å². The van der Waals surface area contributed by atoms with E-state index in [-0.39, 0.29) is 0 Å². The van der Waals surface area contributed by atoms with Gasteiger partial charge in [-0.25, -0.2) is 4.98 Å². The largest absolute Gasteiger partial charge is 0.493 e. The Hall–Kier alpha value is -2.62. The van der Waals surface area contributed by atoms with Crippen molar-refractivity contribution in [1.82, 2.24) is 4.98 Å². The summed E-state index contributed by atoms with van der Waals surface area (Å²) in [6, 6.07) is 15.9. The van der Waals surface area contributed by atoms with E-state index in [1.807, 2.05) is 53.9 Å². The standard InChI is InChI=1S/C23H21BrN2O2S/c1-3-4-11-28-21-10-5-16(13-22(21)27-2)12-18(14-25)23-26-20(15-29-23)17-6-8-19(24)9-7-17/h5-10,12-13,15H,3-4,11H2,1-2H3. The van der Waals surface area contributed by atoms with E-state index in [2.05, 4.69) is 33.9 Å². The molecule has 4 nitrogen and oxygen atoms in total. The van der Waals surface area contributed by atoms with Crippen molar-refractivity contribution in [2.75, 3.05) is 13.7 Å². The summed E-state index contributed by atoms with van der Waals surface area (Å²) in [5, 5.41) is 12.3. The number of hydrogen-bond acceptors (Lipinski definition) is 5. The van der Waals surface area contributed by atoms with Crippen LogP contribution >= 0.6 is 27.3 Å². The van der Waals surface area contributed by atoms with Crippen LogP contribution in [0.2, 0.25) is 0 Å². The van der Waals surface area contributed by atoms with Crippen LogP contribution in [-0.4, -0.2) is 18.7 Å². The van der Waals surface area contributed by atoms with Crippen LogP contribution in [-0.2, 0) is 0 Å². The van der Waals surface area contributed by atoms with Crippen molar-refractivity contribution in [3.8, 4) is 28.8 Å². The summed E-state index contributed by atoms with van der Waals surface area (Å²) in [7, 11) is 1.62. The van der Waals surface area contributed by atoms with Crippen LogP contribution in [0.5, 0.6) is 11.5 Å². The molecule has 2 aromatic carbocycles. The van der Waals surface area contributed by atoms with Gasteiger partial charge in [0.15, 0.2) is 11.5 Å². The quantitative estimate of drug-likeness (QED) is 0.268. The average molecular weight is 469 g/mol. The van der Waals surface area contributed by atoms with Crippen molar-refractivity contribution in [2.45, 2.75) is 19.8 Å². The molecule has 0 atom stereocenters. The van der Waals surface area contributed by atoms with Crippen LogP contribution < -0.4 is 9.47 Å². The molecule has 148 valence electrons. The Labute approximate surface area is 183 Å². The molecule has 0 amide bonds. The topological polar surface area (TPSA) is 55.1 Å². The summed E-state index contributed by atoms with van der Waals surface area (Å²) in [5.74, 6) is 1.37. The Morgan fingerprint density at radius 2 is 2.00 bits per heavy atom. The van der Waals surface area contributed by atoms with Gasteiger partial charge in [0.2, 0.25) is 0 Å². The molecular weight excluding hydrogens is 448 g/mol. The van der Waals surface area contributed by atoms with Gasteiger partial charge >= 0.3 is 0 Å². The number of allylic oxidation sites excluding steroid dienone is 1. The minimum absolute atomic E-state index is 0.514. The van der Waals surface area contributed by atoms with Crippen LogP contribution in [0.4, 0.5) is 0 Å². The van der Waals surface area contributed by atoms with Gasteiger partial charge in [0.25, 0.3) is 0 Å². The lowest BCUT2D eigenvalue weighted by Crippen LogP contribution is -1.99. The molecule has 0 spiro atoms. The van der Waals surface area contributed by atoms with Gasteiger partial charge in [0, 0.05) is 15.4 Å². The second-order valence-electron chi connectivity index (χ2n) is 6.33. The number of ether oxygens (including phenoxy) is 2. The van der Waals surface area contributed by atoms with Crippen molar-refractivity contribution in [1.29, 1.82) is 5.26 Å². The normalized spacial score (nSPS) is 11.2. The maximum absolute atomic E-state index is 9.67. The number of nitriles is 1. The molecule has 1 aromatic heterocycles. The number of methoxy groups -OCH3 is 1. The van der Waals surface area contributed by atoms with E-state index < -0.39 is 0 Å². The zero-order valence-corrected chi connectivity index (χ0v) is 18.7. The van der Waals surface area contributed by atoms with Crippen LogP contribution in [0.15, 0.2) is 52.3 Å². The van der Waals surface area contributed by atoms with E-state index in [9.17, 15) is 5.26 Å². The zero-order valence-electron chi connectivity index (χ0n) is 16.3. The van der Waals surface area contributed by atoms with Crippen LogP contribution in [0.3, 0.4) is 0 Å². The molecular formula is C23H21BrN2O2S. The molecule has 0 saturated heterocycles. The van der Waals surface area contributed by atoms with Crippen LogP contribution in [0, 0.1) is 11.3 Å². The van der Waals surface area contributed by atoms with Crippen LogP contribution in [0.25, 0.3) is 22.9 Å². The van der Waals surface area contributed by atoms with Crippen molar-refractivity contribution >= 4 is 38.9 Å². The number of halogens is 1. The van der Waals surface area contributed by atoms with E-state index in [0.717, 1.165) is 34.1 Å². The van der Waals surface area contributed by atoms with Crippen molar-refractivity contribution < 1.29 is 9.47 Å². The summed E-state index contributed by atoms with van der Waals surface area (Å²) in [4.78, 5) is 4.64. The third-order valence-electron chi connectivity index (χ3n) is 4.25. The summed E-state index contributed by atoms with van der Waals surface area (Å²) in [5.41, 5.74) is 3.25. The van der Waals surface area contributed by atoms with Gasteiger partial charge in [-0.15, -0.1) is 11.3 Å². The average Bonchev–Trinajstić information content (AvgIpc) is 3.23. The number of benzene rings is 2. The zero-order chi connectivity index (χ0) is 20.6. The monoisotopic (exact) mass is 468 g/mol. The maximum Gasteiger partial charge on any atom is 0.161 e. The third-order valence-corrected chi connectivity index (χ3v) is 5.65. The first-order valence-electron chi connectivity index (χ1n) is 9.29. The predicted molar refractivity (Wildman–Crippen MR) is 122 cm³/mol. The van der Waals surface area contributed by atoms with Crippen molar-refractivity contribution in [3.05, 3.63) is 62.9 Å². The molecule has 0 bridgehead atoms. The highest BCUT2D eigenvalue weighted by atomic mass is 79.9. The molecule has 0 N–H and O–H groups in total. The lowest BCUT2D eigenvalue weighted by atomic mass is 10.1. The minimum Gasteiger partial charge on any atom is -0.493 e. The number of unbranched alkanes of at least 4 members (excludes halogenated alkanes) is 1. The highest BCUT2D eigenvalue weighted by Gasteiger charge is 2.11. The minimum atomic E-state index is 0.514. The Kier molecular flexibility index (Phi) is 7.45. The van der Waals surface area contributed by atoms with E-state index in [1.165, 1.54) is 11.3 Å². The molecule has 29 heavy (non-hydrogen) atoms. The SMILES string of the molecule is CCCCOc1ccc(C=C(C#N)c2nc(-c3ccc(Br)cc3)cs2)cc1OC. The number of rotatable bonds is 8. The fraction of sp³-hybridized carbons (Fsp3) is 0.217.